The highest BCUT2D eigenvalue weighted by Crippen LogP contribution is 2.14. The molecule has 2 aliphatic heterocycles. The van der Waals surface area contributed by atoms with Crippen molar-refractivity contribution in [2.24, 2.45) is 9.98 Å². The molecule has 5 heteroatoms. The summed E-state index contributed by atoms with van der Waals surface area (Å²) >= 11 is 0. The summed E-state index contributed by atoms with van der Waals surface area (Å²) in [5, 5.41) is 0. The van der Waals surface area contributed by atoms with Gasteiger partial charge >= 0.3 is 0 Å². The zero-order valence-electron chi connectivity index (χ0n) is 13.1. The Morgan fingerprint density at radius 1 is 1.15 bits per heavy atom. The van der Waals surface area contributed by atoms with Crippen LogP contribution in [0.3, 0.4) is 0 Å². The number of ether oxygens (including phenoxy) is 1. The van der Waals surface area contributed by atoms with Crippen LogP contribution >= 0.6 is 0 Å². The van der Waals surface area contributed by atoms with Crippen molar-refractivity contribution in [3.63, 3.8) is 0 Å². The molecule has 2 heterocycles. The molecule has 1 atom stereocenters. The zero-order chi connectivity index (χ0) is 14.4. The zero-order valence-corrected chi connectivity index (χ0v) is 13.1. The second-order valence-electron chi connectivity index (χ2n) is 5.67. The Morgan fingerprint density at radius 3 is 2.70 bits per heavy atom. The quantitative estimate of drug-likeness (QED) is 0.790. The molecule has 0 spiro atoms. The molecular weight excluding hydrogens is 252 g/mol. The molecule has 0 bridgehead atoms. The van der Waals surface area contributed by atoms with Crippen LogP contribution in [0.5, 0.6) is 0 Å². The average Bonchev–Trinajstić information content (AvgIpc) is 2.53. The normalized spacial score (nSPS) is 22.6. The summed E-state index contributed by atoms with van der Waals surface area (Å²) in [5.41, 5.74) is 0. The molecular formula is C15H28N4O. The largest absolute Gasteiger partial charge is 0.462 e. The molecule has 0 aromatic rings. The van der Waals surface area contributed by atoms with Gasteiger partial charge < -0.3 is 14.5 Å². The summed E-state index contributed by atoms with van der Waals surface area (Å²) in [5.74, 6) is 1.27. The Balaban J connectivity index is 1.77. The fourth-order valence-corrected chi connectivity index (χ4v) is 2.56. The molecule has 0 saturated heterocycles. The van der Waals surface area contributed by atoms with E-state index in [4.69, 9.17) is 4.74 Å². The van der Waals surface area contributed by atoms with E-state index < -0.39 is 0 Å². The Labute approximate surface area is 122 Å². The van der Waals surface area contributed by atoms with Crippen molar-refractivity contribution in [3.8, 4) is 0 Å². The van der Waals surface area contributed by atoms with Crippen LogP contribution in [0, 0.1) is 0 Å². The molecule has 2 rings (SSSR count). The summed E-state index contributed by atoms with van der Waals surface area (Å²) in [6, 6.07) is 0.807. The van der Waals surface area contributed by atoms with Gasteiger partial charge in [0.15, 0.2) is 0 Å². The first-order valence-electron chi connectivity index (χ1n) is 7.87. The maximum Gasteiger partial charge on any atom is 0.287 e. The van der Waals surface area contributed by atoms with E-state index in [9.17, 15) is 0 Å². The Kier molecular flexibility index (Phi) is 5.68. The Hall–Kier alpha value is -1.26. The monoisotopic (exact) mass is 280 g/mol. The van der Waals surface area contributed by atoms with Crippen molar-refractivity contribution in [2.75, 3.05) is 40.3 Å². The molecule has 0 aromatic carbocycles. The fourth-order valence-electron chi connectivity index (χ4n) is 2.56. The molecule has 2 aliphatic rings. The van der Waals surface area contributed by atoms with Crippen LogP contribution in [0.1, 0.15) is 39.0 Å². The number of amidine groups is 2. The molecule has 20 heavy (non-hydrogen) atoms. The van der Waals surface area contributed by atoms with Crippen molar-refractivity contribution >= 4 is 11.9 Å². The first-order valence-corrected chi connectivity index (χ1v) is 7.87. The molecule has 0 fully saturated rings. The van der Waals surface area contributed by atoms with Crippen LogP contribution in [0.4, 0.5) is 0 Å². The number of nitrogens with zero attached hydrogens (tertiary/aromatic N) is 4. The molecule has 0 N–H and O–H groups in total. The van der Waals surface area contributed by atoms with Gasteiger partial charge in [-0.2, -0.15) is 0 Å². The first-order chi connectivity index (χ1) is 9.70. The van der Waals surface area contributed by atoms with Gasteiger partial charge in [0, 0.05) is 59.5 Å². The van der Waals surface area contributed by atoms with E-state index in [1.165, 1.54) is 18.7 Å². The second-order valence-corrected chi connectivity index (χ2v) is 5.67. The van der Waals surface area contributed by atoms with Crippen molar-refractivity contribution in [2.45, 2.75) is 45.1 Å². The van der Waals surface area contributed by atoms with E-state index in [-0.39, 0.29) is 0 Å². The van der Waals surface area contributed by atoms with Crippen LogP contribution in [-0.4, -0.2) is 68.0 Å². The summed E-state index contributed by atoms with van der Waals surface area (Å²) in [7, 11) is 4.18. The molecule has 0 saturated carbocycles. The van der Waals surface area contributed by atoms with Crippen molar-refractivity contribution in [1.82, 2.24) is 9.80 Å². The minimum Gasteiger partial charge on any atom is -0.462 e. The lowest BCUT2D eigenvalue weighted by Gasteiger charge is -2.30. The third-order valence-corrected chi connectivity index (χ3v) is 4.10. The summed E-state index contributed by atoms with van der Waals surface area (Å²) in [6.45, 7) is 5.95. The number of rotatable bonds is 4. The van der Waals surface area contributed by atoms with Gasteiger partial charge in [0.2, 0.25) is 0 Å². The lowest BCUT2D eigenvalue weighted by molar-refractivity contribution is 0.121. The highest BCUT2D eigenvalue weighted by Gasteiger charge is 2.20. The van der Waals surface area contributed by atoms with E-state index in [1.54, 1.807) is 0 Å². The first kappa shape index (κ1) is 15.1. The predicted molar refractivity (Wildman–Crippen MR) is 83.5 cm³/mol. The molecule has 1 unspecified atom stereocenters. The van der Waals surface area contributed by atoms with Gasteiger partial charge in [-0.05, 0) is 19.8 Å². The molecule has 0 aromatic heterocycles. The number of aliphatic imine (C=N–C) groups is 2. The molecule has 0 radical (unpaired) electrons. The maximum atomic E-state index is 5.99. The van der Waals surface area contributed by atoms with Gasteiger partial charge in [-0.25, -0.2) is 4.99 Å². The van der Waals surface area contributed by atoms with Crippen LogP contribution in [-0.2, 0) is 4.74 Å². The second kappa shape index (κ2) is 7.50. The standard InChI is InChI=1S/C15H28N4O/c1-4-18(2)15-17-11-8-13(20-15)9-12-19(3)14-7-5-6-10-16-14/h13H,4-12H2,1-3H3. The van der Waals surface area contributed by atoms with Gasteiger partial charge in [-0.1, -0.05) is 0 Å². The van der Waals surface area contributed by atoms with Gasteiger partial charge in [0.25, 0.3) is 6.02 Å². The topological polar surface area (TPSA) is 40.4 Å². The van der Waals surface area contributed by atoms with E-state index in [0.29, 0.717) is 6.10 Å². The van der Waals surface area contributed by atoms with Crippen molar-refractivity contribution in [3.05, 3.63) is 0 Å². The van der Waals surface area contributed by atoms with Crippen molar-refractivity contribution < 1.29 is 4.74 Å². The molecule has 0 amide bonds. The third-order valence-electron chi connectivity index (χ3n) is 4.10. The van der Waals surface area contributed by atoms with E-state index in [0.717, 1.165) is 51.5 Å². The summed E-state index contributed by atoms with van der Waals surface area (Å²) in [6.07, 6.45) is 6.02. The molecule has 5 nitrogen and oxygen atoms in total. The maximum absolute atomic E-state index is 5.99. The van der Waals surface area contributed by atoms with Crippen LogP contribution in [0.25, 0.3) is 0 Å². The lowest BCUT2D eigenvalue weighted by Crippen LogP contribution is -2.38. The van der Waals surface area contributed by atoms with Crippen LogP contribution in [0.2, 0.25) is 0 Å². The van der Waals surface area contributed by atoms with Gasteiger partial charge in [-0.15, -0.1) is 0 Å². The van der Waals surface area contributed by atoms with Gasteiger partial charge in [-0.3, -0.25) is 4.99 Å². The summed E-state index contributed by atoms with van der Waals surface area (Å²) in [4.78, 5) is 13.4. The highest BCUT2D eigenvalue weighted by molar-refractivity contribution is 5.82. The summed E-state index contributed by atoms with van der Waals surface area (Å²) < 4.78 is 5.99. The van der Waals surface area contributed by atoms with E-state index >= 15 is 0 Å². The van der Waals surface area contributed by atoms with E-state index in [1.807, 2.05) is 7.05 Å². The third kappa shape index (κ3) is 4.12. The minimum atomic E-state index is 0.295. The SMILES string of the molecule is CCN(C)C1=NCCC(CCN(C)C2=NCCCC2)O1. The van der Waals surface area contributed by atoms with Crippen LogP contribution in [0.15, 0.2) is 9.98 Å². The van der Waals surface area contributed by atoms with Gasteiger partial charge in [0.05, 0.1) is 5.84 Å². The molecule has 0 aliphatic carbocycles. The lowest BCUT2D eigenvalue weighted by atomic mass is 10.1. The number of hydrogen-bond acceptors (Lipinski definition) is 5. The van der Waals surface area contributed by atoms with E-state index in [2.05, 4.69) is 33.8 Å². The highest BCUT2D eigenvalue weighted by atomic mass is 16.5. The number of hydrogen-bond donors (Lipinski definition) is 0. The predicted octanol–water partition coefficient (Wildman–Crippen LogP) is 1.99. The average molecular weight is 280 g/mol. The smallest absolute Gasteiger partial charge is 0.287 e. The Morgan fingerprint density at radius 2 is 2.00 bits per heavy atom. The van der Waals surface area contributed by atoms with Crippen molar-refractivity contribution in [1.29, 1.82) is 0 Å². The minimum absolute atomic E-state index is 0.295. The van der Waals surface area contributed by atoms with Crippen LogP contribution < -0.4 is 0 Å². The molecule has 114 valence electrons. The fraction of sp³-hybridized carbons (Fsp3) is 0.867. The van der Waals surface area contributed by atoms with Gasteiger partial charge in [0.1, 0.15) is 6.10 Å². The Bertz CT molecular complexity index is 367.